The van der Waals surface area contributed by atoms with Crippen LogP contribution in [-0.4, -0.2) is 10.8 Å². The quantitative estimate of drug-likeness (QED) is 0.775. The SMILES string of the molecule is CC[C@@]1(C2(C)C=CC=CC2)C2=C(CCC(C)(C)C2=O)Nc2ncsc21. The number of fused-ring (bicyclic) bond motifs is 1. The molecule has 132 valence electrons. The van der Waals surface area contributed by atoms with E-state index in [1.807, 2.05) is 5.51 Å². The van der Waals surface area contributed by atoms with E-state index in [0.717, 1.165) is 42.8 Å². The van der Waals surface area contributed by atoms with Crippen LogP contribution in [0.3, 0.4) is 0 Å². The highest BCUT2D eigenvalue weighted by Gasteiger charge is 2.58. The van der Waals surface area contributed by atoms with Crippen molar-refractivity contribution in [3.63, 3.8) is 0 Å². The minimum atomic E-state index is -0.305. The maximum atomic E-state index is 13.6. The summed E-state index contributed by atoms with van der Waals surface area (Å²) in [6.45, 7) is 8.73. The number of Topliss-reactive ketones (excluding diaryl/α,β-unsaturated/α-hetero) is 1. The topological polar surface area (TPSA) is 42.0 Å². The first kappa shape index (κ1) is 16.8. The summed E-state index contributed by atoms with van der Waals surface area (Å²) in [6.07, 6.45) is 12.5. The Labute approximate surface area is 153 Å². The van der Waals surface area contributed by atoms with Crippen LogP contribution < -0.4 is 5.32 Å². The van der Waals surface area contributed by atoms with E-state index < -0.39 is 0 Å². The summed E-state index contributed by atoms with van der Waals surface area (Å²) < 4.78 is 0. The van der Waals surface area contributed by atoms with Crippen molar-refractivity contribution < 1.29 is 4.79 Å². The maximum Gasteiger partial charge on any atom is 0.167 e. The smallest absolute Gasteiger partial charge is 0.167 e. The van der Waals surface area contributed by atoms with E-state index in [4.69, 9.17) is 0 Å². The van der Waals surface area contributed by atoms with Crippen molar-refractivity contribution in [3.05, 3.63) is 46.0 Å². The summed E-state index contributed by atoms with van der Waals surface area (Å²) in [5, 5.41) is 3.51. The van der Waals surface area contributed by atoms with Gasteiger partial charge in [-0.2, -0.15) is 0 Å². The van der Waals surface area contributed by atoms with Gasteiger partial charge in [-0.15, -0.1) is 11.3 Å². The minimum Gasteiger partial charge on any atom is -0.342 e. The van der Waals surface area contributed by atoms with Crippen LogP contribution in [0.5, 0.6) is 0 Å². The van der Waals surface area contributed by atoms with Crippen LogP contribution in [0.25, 0.3) is 0 Å². The number of ketones is 1. The highest BCUT2D eigenvalue weighted by Crippen LogP contribution is 2.61. The van der Waals surface area contributed by atoms with Crippen LogP contribution in [0, 0.1) is 10.8 Å². The molecule has 0 spiro atoms. The van der Waals surface area contributed by atoms with Crippen molar-refractivity contribution in [3.8, 4) is 0 Å². The second-order valence-corrected chi connectivity index (χ2v) is 9.24. The number of thiazole rings is 1. The number of rotatable bonds is 2. The molecule has 1 N–H and O–H groups in total. The number of allylic oxidation sites excluding steroid dienone is 6. The third-order valence-electron chi connectivity index (χ3n) is 6.55. The minimum absolute atomic E-state index is 0.121. The van der Waals surface area contributed by atoms with Crippen LogP contribution in [0.1, 0.15) is 58.3 Å². The van der Waals surface area contributed by atoms with Gasteiger partial charge in [-0.05, 0) is 25.7 Å². The zero-order valence-electron chi connectivity index (χ0n) is 15.5. The van der Waals surface area contributed by atoms with Gasteiger partial charge in [-0.1, -0.05) is 52.0 Å². The molecule has 1 aromatic heterocycles. The van der Waals surface area contributed by atoms with Gasteiger partial charge >= 0.3 is 0 Å². The lowest BCUT2D eigenvalue weighted by molar-refractivity contribution is -0.125. The van der Waals surface area contributed by atoms with Gasteiger partial charge in [0.1, 0.15) is 5.82 Å². The molecule has 0 radical (unpaired) electrons. The predicted octanol–water partition coefficient (Wildman–Crippen LogP) is 5.38. The third kappa shape index (κ3) is 2.10. The molecule has 1 aromatic rings. The second kappa shape index (κ2) is 5.41. The van der Waals surface area contributed by atoms with Crippen molar-refractivity contribution in [2.24, 2.45) is 10.8 Å². The fraction of sp³-hybridized carbons (Fsp3) is 0.524. The largest absolute Gasteiger partial charge is 0.342 e. The highest BCUT2D eigenvalue weighted by molar-refractivity contribution is 7.10. The molecule has 0 saturated carbocycles. The molecule has 2 heterocycles. The van der Waals surface area contributed by atoms with Crippen LogP contribution in [0.15, 0.2) is 41.1 Å². The molecule has 4 rings (SSSR count). The van der Waals surface area contributed by atoms with Crippen molar-refractivity contribution in [1.82, 2.24) is 4.98 Å². The van der Waals surface area contributed by atoms with Crippen molar-refractivity contribution in [1.29, 1.82) is 0 Å². The summed E-state index contributed by atoms with van der Waals surface area (Å²) in [5.74, 6) is 1.27. The number of hydrogen-bond acceptors (Lipinski definition) is 4. The first-order valence-electron chi connectivity index (χ1n) is 9.19. The van der Waals surface area contributed by atoms with E-state index in [1.165, 1.54) is 4.88 Å². The fourth-order valence-electron chi connectivity index (χ4n) is 4.95. The number of nitrogens with zero attached hydrogens (tertiary/aromatic N) is 1. The van der Waals surface area contributed by atoms with Crippen LogP contribution in [0.4, 0.5) is 5.82 Å². The number of carbonyl (C=O) groups is 1. The Morgan fingerprint density at radius 2 is 2.08 bits per heavy atom. The van der Waals surface area contributed by atoms with Crippen LogP contribution in [0.2, 0.25) is 0 Å². The van der Waals surface area contributed by atoms with Gasteiger partial charge < -0.3 is 5.32 Å². The summed E-state index contributed by atoms with van der Waals surface area (Å²) in [6, 6.07) is 0. The summed E-state index contributed by atoms with van der Waals surface area (Å²) in [5.41, 5.74) is 3.32. The number of nitrogens with one attached hydrogen (secondary N) is 1. The molecule has 4 heteroatoms. The first-order chi connectivity index (χ1) is 11.9. The van der Waals surface area contributed by atoms with E-state index in [2.05, 4.69) is 62.3 Å². The Hall–Kier alpha value is -1.68. The lowest BCUT2D eigenvalue weighted by Crippen LogP contribution is -2.52. The van der Waals surface area contributed by atoms with E-state index in [-0.39, 0.29) is 16.2 Å². The molecular formula is C21H26N2OS. The van der Waals surface area contributed by atoms with Crippen LogP contribution in [-0.2, 0) is 10.2 Å². The molecule has 1 unspecified atom stereocenters. The molecule has 0 aromatic carbocycles. The standard InChI is InChI=1S/C21H26N2OS/c1-5-21(20(4)10-7-6-8-11-20)15-14(9-12-19(2,3)16(15)24)23-18-17(21)25-13-22-18/h6-8,10,13,23H,5,9,11-12H2,1-4H3/t20?,21-/m1/s1. The average molecular weight is 355 g/mol. The van der Waals surface area contributed by atoms with Gasteiger partial charge in [0.2, 0.25) is 0 Å². The molecule has 0 saturated heterocycles. The van der Waals surface area contributed by atoms with Gasteiger partial charge in [-0.25, -0.2) is 4.98 Å². The van der Waals surface area contributed by atoms with E-state index in [9.17, 15) is 4.79 Å². The molecule has 2 atom stereocenters. The normalized spacial score (nSPS) is 33.0. The summed E-state index contributed by atoms with van der Waals surface area (Å²) >= 11 is 1.69. The predicted molar refractivity (Wildman–Crippen MR) is 104 cm³/mol. The number of carbonyl (C=O) groups excluding carboxylic acids is 1. The monoisotopic (exact) mass is 354 g/mol. The second-order valence-electron chi connectivity index (χ2n) is 8.39. The molecule has 0 bridgehead atoms. The summed E-state index contributed by atoms with van der Waals surface area (Å²) in [7, 11) is 0. The van der Waals surface area contributed by atoms with Gasteiger partial charge in [0.05, 0.1) is 10.4 Å². The molecule has 2 aliphatic carbocycles. The Balaban J connectivity index is 2.02. The van der Waals surface area contributed by atoms with Gasteiger partial charge in [0.25, 0.3) is 0 Å². The fourth-order valence-corrected chi connectivity index (χ4v) is 6.11. The molecule has 0 amide bonds. The highest BCUT2D eigenvalue weighted by atomic mass is 32.1. The lowest BCUT2D eigenvalue weighted by Gasteiger charge is -2.53. The molecule has 0 fully saturated rings. The zero-order chi connectivity index (χ0) is 17.9. The van der Waals surface area contributed by atoms with E-state index in [1.54, 1.807) is 11.3 Å². The number of aromatic nitrogens is 1. The Kier molecular flexibility index (Phi) is 3.63. The van der Waals surface area contributed by atoms with Gasteiger partial charge in [-0.3, -0.25) is 4.79 Å². The van der Waals surface area contributed by atoms with E-state index >= 15 is 0 Å². The Morgan fingerprint density at radius 3 is 2.76 bits per heavy atom. The van der Waals surface area contributed by atoms with Crippen molar-refractivity contribution in [2.75, 3.05) is 5.32 Å². The van der Waals surface area contributed by atoms with Crippen molar-refractivity contribution in [2.45, 2.75) is 58.8 Å². The lowest BCUT2D eigenvalue weighted by atomic mass is 9.51. The van der Waals surface area contributed by atoms with Gasteiger partial charge in [0, 0.05) is 27.5 Å². The van der Waals surface area contributed by atoms with Crippen LogP contribution >= 0.6 is 11.3 Å². The molecule has 25 heavy (non-hydrogen) atoms. The van der Waals surface area contributed by atoms with Gasteiger partial charge in [0.15, 0.2) is 5.78 Å². The Morgan fingerprint density at radius 1 is 1.28 bits per heavy atom. The molecular weight excluding hydrogens is 328 g/mol. The molecule has 3 aliphatic rings. The molecule has 1 aliphatic heterocycles. The molecule has 3 nitrogen and oxygen atoms in total. The zero-order valence-corrected chi connectivity index (χ0v) is 16.3. The average Bonchev–Trinajstić information content (AvgIpc) is 3.06. The van der Waals surface area contributed by atoms with Crippen molar-refractivity contribution >= 4 is 22.9 Å². The van der Waals surface area contributed by atoms with E-state index in [0.29, 0.717) is 5.78 Å². The summed E-state index contributed by atoms with van der Waals surface area (Å²) in [4.78, 5) is 19.4. The number of hydrogen-bond donors (Lipinski definition) is 1. The Bertz CT molecular complexity index is 829. The number of anilines is 1. The first-order valence-corrected chi connectivity index (χ1v) is 10.1. The third-order valence-corrected chi connectivity index (χ3v) is 7.54. The maximum absolute atomic E-state index is 13.6.